The third kappa shape index (κ3) is 5.21. The quantitative estimate of drug-likeness (QED) is 0.632. The zero-order valence-electron chi connectivity index (χ0n) is 8.93. The van der Waals surface area contributed by atoms with Crippen LogP contribution < -0.4 is 5.73 Å². The number of halogens is 1. The molecule has 0 rings (SSSR count). The van der Waals surface area contributed by atoms with Gasteiger partial charge < -0.3 is 5.73 Å². The van der Waals surface area contributed by atoms with Crippen LogP contribution in [0.3, 0.4) is 0 Å². The van der Waals surface area contributed by atoms with Gasteiger partial charge in [0.05, 0.1) is 6.67 Å². The molecular formula is C10H23FN2. The smallest absolute Gasteiger partial charge is 0.0906 e. The van der Waals surface area contributed by atoms with Crippen LogP contribution in [0.5, 0.6) is 0 Å². The fourth-order valence-corrected chi connectivity index (χ4v) is 1.71. The van der Waals surface area contributed by atoms with Crippen LogP contribution >= 0.6 is 0 Å². The first kappa shape index (κ1) is 12.8. The number of nitrogens with zero attached hydrogens (tertiary/aromatic N) is 1. The lowest BCUT2D eigenvalue weighted by molar-refractivity contribution is 0.183. The van der Waals surface area contributed by atoms with Gasteiger partial charge in [0.1, 0.15) is 0 Å². The second-order valence-electron chi connectivity index (χ2n) is 3.34. The zero-order chi connectivity index (χ0) is 10.1. The van der Waals surface area contributed by atoms with Crippen LogP contribution in [-0.2, 0) is 0 Å². The van der Waals surface area contributed by atoms with Gasteiger partial charge >= 0.3 is 0 Å². The van der Waals surface area contributed by atoms with Crippen molar-refractivity contribution in [3.05, 3.63) is 0 Å². The molecule has 2 N–H and O–H groups in total. The average molecular weight is 190 g/mol. The summed E-state index contributed by atoms with van der Waals surface area (Å²) in [6.45, 7) is 6.54. The van der Waals surface area contributed by atoms with E-state index in [2.05, 4.69) is 18.7 Å². The summed E-state index contributed by atoms with van der Waals surface area (Å²) in [5.74, 6) is 0. The van der Waals surface area contributed by atoms with Crippen molar-refractivity contribution in [1.82, 2.24) is 4.90 Å². The fourth-order valence-electron chi connectivity index (χ4n) is 1.71. The highest BCUT2D eigenvalue weighted by molar-refractivity contribution is 4.69. The molecule has 0 saturated carbocycles. The number of hydrogen-bond acceptors (Lipinski definition) is 2. The molecule has 0 saturated heterocycles. The van der Waals surface area contributed by atoms with Crippen LogP contribution in [0.25, 0.3) is 0 Å². The number of hydrogen-bond donors (Lipinski definition) is 1. The van der Waals surface area contributed by atoms with E-state index in [9.17, 15) is 4.39 Å². The maximum absolute atomic E-state index is 12.0. The van der Waals surface area contributed by atoms with Gasteiger partial charge in [0, 0.05) is 25.7 Å². The Kier molecular flexibility index (Phi) is 8.35. The van der Waals surface area contributed by atoms with Crippen molar-refractivity contribution in [2.45, 2.75) is 39.2 Å². The van der Waals surface area contributed by atoms with Crippen molar-refractivity contribution in [1.29, 1.82) is 0 Å². The number of rotatable bonds is 8. The maximum Gasteiger partial charge on any atom is 0.0906 e. The Morgan fingerprint density at radius 1 is 1.23 bits per heavy atom. The first-order valence-electron chi connectivity index (χ1n) is 5.30. The van der Waals surface area contributed by atoms with E-state index in [-0.39, 0.29) is 6.67 Å². The van der Waals surface area contributed by atoms with E-state index < -0.39 is 0 Å². The fraction of sp³-hybridized carbons (Fsp3) is 1.00. The molecule has 0 aromatic rings. The van der Waals surface area contributed by atoms with Crippen LogP contribution in [0.2, 0.25) is 0 Å². The van der Waals surface area contributed by atoms with Gasteiger partial charge in [0.25, 0.3) is 0 Å². The Balaban J connectivity index is 3.88. The first-order valence-corrected chi connectivity index (χ1v) is 5.30. The first-order chi connectivity index (χ1) is 6.29. The minimum absolute atomic E-state index is 0.221. The van der Waals surface area contributed by atoms with Crippen molar-refractivity contribution in [3.63, 3.8) is 0 Å². The molecule has 0 bridgehead atoms. The Labute approximate surface area is 81.3 Å². The van der Waals surface area contributed by atoms with Crippen molar-refractivity contribution in [3.8, 4) is 0 Å². The highest BCUT2D eigenvalue weighted by atomic mass is 19.1. The van der Waals surface area contributed by atoms with Gasteiger partial charge in [0.2, 0.25) is 0 Å². The van der Waals surface area contributed by atoms with Gasteiger partial charge in [-0.25, -0.2) is 0 Å². The van der Waals surface area contributed by atoms with Crippen LogP contribution in [0.4, 0.5) is 4.39 Å². The summed E-state index contributed by atoms with van der Waals surface area (Å²) in [4.78, 5) is 2.31. The molecule has 2 nitrogen and oxygen atoms in total. The lowest BCUT2D eigenvalue weighted by atomic mass is 10.1. The van der Waals surface area contributed by atoms with Gasteiger partial charge in [-0.1, -0.05) is 13.8 Å². The molecule has 0 aliphatic heterocycles. The Hall–Kier alpha value is -0.150. The van der Waals surface area contributed by atoms with E-state index in [0.717, 1.165) is 25.9 Å². The van der Waals surface area contributed by atoms with Crippen LogP contribution in [0.1, 0.15) is 33.1 Å². The Morgan fingerprint density at radius 2 is 1.85 bits per heavy atom. The van der Waals surface area contributed by atoms with Gasteiger partial charge in [-0.3, -0.25) is 9.29 Å². The summed E-state index contributed by atoms with van der Waals surface area (Å²) in [7, 11) is 0. The summed E-state index contributed by atoms with van der Waals surface area (Å²) in [6.07, 6.45) is 2.89. The van der Waals surface area contributed by atoms with Crippen molar-refractivity contribution in [2.24, 2.45) is 5.73 Å². The van der Waals surface area contributed by atoms with E-state index >= 15 is 0 Å². The minimum atomic E-state index is -0.221. The lowest BCUT2D eigenvalue weighted by Gasteiger charge is -2.29. The molecule has 80 valence electrons. The van der Waals surface area contributed by atoms with Crippen LogP contribution in [0, 0.1) is 0 Å². The van der Waals surface area contributed by atoms with Crippen LogP contribution in [0.15, 0.2) is 0 Å². The molecular weight excluding hydrogens is 167 g/mol. The molecule has 13 heavy (non-hydrogen) atoms. The monoisotopic (exact) mass is 190 g/mol. The summed E-state index contributed by atoms with van der Waals surface area (Å²) >= 11 is 0. The molecule has 0 aromatic heterocycles. The van der Waals surface area contributed by atoms with Gasteiger partial charge in [-0.2, -0.15) is 0 Å². The Morgan fingerprint density at radius 3 is 2.23 bits per heavy atom. The highest BCUT2D eigenvalue weighted by Crippen LogP contribution is 2.08. The minimum Gasteiger partial charge on any atom is -0.329 e. The van der Waals surface area contributed by atoms with E-state index in [4.69, 9.17) is 5.73 Å². The highest BCUT2D eigenvalue weighted by Gasteiger charge is 2.12. The second-order valence-corrected chi connectivity index (χ2v) is 3.34. The summed E-state index contributed by atoms with van der Waals surface area (Å²) < 4.78 is 12.0. The molecule has 0 aliphatic rings. The molecule has 0 fully saturated rings. The number of nitrogens with two attached hydrogens (primary N) is 1. The topological polar surface area (TPSA) is 29.3 Å². The van der Waals surface area contributed by atoms with Crippen molar-refractivity contribution >= 4 is 0 Å². The summed E-state index contributed by atoms with van der Waals surface area (Å²) in [5, 5.41) is 0. The predicted octanol–water partition coefficient (Wildman–Crippen LogP) is 1.80. The van der Waals surface area contributed by atoms with Crippen molar-refractivity contribution in [2.75, 3.05) is 26.3 Å². The standard InChI is InChI=1S/C10H23FN2/c1-3-10(4-2)13(9-7-12)8-5-6-11/h10H,3-9,12H2,1-2H3. The predicted molar refractivity (Wildman–Crippen MR) is 55.6 cm³/mol. The maximum atomic E-state index is 12.0. The molecule has 0 unspecified atom stereocenters. The van der Waals surface area contributed by atoms with E-state index in [0.29, 0.717) is 19.0 Å². The van der Waals surface area contributed by atoms with E-state index in [1.165, 1.54) is 0 Å². The zero-order valence-corrected chi connectivity index (χ0v) is 8.93. The third-order valence-electron chi connectivity index (χ3n) is 2.45. The lowest BCUT2D eigenvalue weighted by Crippen LogP contribution is -2.39. The Bertz CT molecular complexity index is 105. The molecule has 0 radical (unpaired) electrons. The molecule has 0 spiro atoms. The normalized spacial score (nSPS) is 11.5. The van der Waals surface area contributed by atoms with Gasteiger partial charge in [0.15, 0.2) is 0 Å². The average Bonchev–Trinajstić information content (AvgIpc) is 2.16. The van der Waals surface area contributed by atoms with Crippen LogP contribution in [-0.4, -0.2) is 37.3 Å². The molecule has 0 aromatic carbocycles. The SMILES string of the molecule is CCC(CC)N(CCN)CCCF. The van der Waals surface area contributed by atoms with Gasteiger partial charge in [-0.15, -0.1) is 0 Å². The van der Waals surface area contributed by atoms with Crippen molar-refractivity contribution < 1.29 is 4.39 Å². The second kappa shape index (κ2) is 8.45. The molecule has 0 heterocycles. The molecule has 0 amide bonds. The molecule has 3 heteroatoms. The summed E-state index contributed by atoms with van der Waals surface area (Å²) in [6, 6.07) is 0.579. The molecule has 0 atom stereocenters. The largest absolute Gasteiger partial charge is 0.329 e. The third-order valence-corrected chi connectivity index (χ3v) is 2.45. The summed E-state index contributed by atoms with van der Waals surface area (Å²) in [5.41, 5.74) is 5.51. The van der Waals surface area contributed by atoms with E-state index in [1.54, 1.807) is 0 Å². The van der Waals surface area contributed by atoms with E-state index in [1.807, 2.05) is 0 Å². The van der Waals surface area contributed by atoms with Gasteiger partial charge in [-0.05, 0) is 19.3 Å². The number of alkyl halides is 1. The molecule has 0 aliphatic carbocycles.